The molecule has 0 saturated carbocycles. The van der Waals surface area contributed by atoms with Crippen LogP contribution in [0.2, 0.25) is 0 Å². The van der Waals surface area contributed by atoms with Gasteiger partial charge in [0.25, 0.3) is 5.91 Å². The molecule has 1 heterocycles. The van der Waals surface area contributed by atoms with Gasteiger partial charge in [-0.25, -0.2) is 9.07 Å². The van der Waals surface area contributed by atoms with Gasteiger partial charge in [0.05, 0.1) is 16.6 Å². The summed E-state index contributed by atoms with van der Waals surface area (Å²) in [6.45, 7) is 3.80. The second-order valence-corrected chi connectivity index (χ2v) is 5.87. The van der Waals surface area contributed by atoms with Crippen LogP contribution < -0.4 is 10.7 Å². The van der Waals surface area contributed by atoms with Crippen LogP contribution in [0.15, 0.2) is 53.3 Å². The third-order valence-corrected chi connectivity index (χ3v) is 4.07. The third-order valence-electron chi connectivity index (χ3n) is 4.07. The smallest absolute Gasteiger partial charge is 0.276 e. The van der Waals surface area contributed by atoms with E-state index >= 15 is 0 Å². The summed E-state index contributed by atoms with van der Waals surface area (Å²) >= 11 is 0. The Morgan fingerprint density at radius 3 is 2.56 bits per heavy atom. The predicted molar refractivity (Wildman–Crippen MR) is 94.5 cm³/mol. The van der Waals surface area contributed by atoms with E-state index in [1.807, 2.05) is 13.8 Å². The third kappa shape index (κ3) is 3.28. The average Bonchev–Trinajstić information content (AvgIpc) is 2.63. The highest BCUT2D eigenvalue weighted by molar-refractivity contribution is 5.95. The number of nitrogens with one attached hydrogen (secondary N) is 1. The van der Waals surface area contributed by atoms with Gasteiger partial charge in [-0.1, -0.05) is 19.1 Å². The first-order chi connectivity index (χ1) is 12.0. The summed E-state index contributed by atoms with van der Waals surface area (Å²) in [7, 11) is 0. The van der Waals surface area contributed by atoms with Crippen LogP contribution in [0.1, 0.15) is 30.8 Å². The molecule has 0 saturated heterocycles. The van der Waals surface area contributed by atoms with Gasteiger partial charge < -0.3 is 5.32 Å². The molecular weight excluding hydrogens is 321 g/mol. The minimum absolute atomic E-state index is 0.0700. The Bertz CT molecular complexity index is 980. The molecule has 1 N–H and O–H groups in total. The lowest BCUT2D eigenvalue weighted by molar-refractivity contribution is 0.0931. The van der Waals surface area contributed by atoms with Crippen LogP contribution >= 0.6 is 0 Å². The van der Waals surface area contributed by atoms with Crippen molar-refractivity contribution in [2.24, 2.45) is 0 Å². The number of hydrogen-bond donors (Lipinski definition) is 1. The zero-order valence-electron chi connectivity index (χ0n) is 14.0. The first-order valence-corrected chi connectivity index (χ1v) is 8.10. The molecule has 0 radical (unpaired) electrons. The van der Waals surface area contributed by atoms with Gasteiger partial charge in [-0.05, 0) is 49.7 Å². The highest BCUT2D eigenvalue weighted by Gasteiger charge is 2.19. The van der Waals surface area contributed by atoms with Crippen molar-refractivity contribution in [3.63, 3.8) is 0 Å². The second kappa shape index (κ2) is 6.84. The van der Waals surface area contributed by atoms with E-state index in [-0.39, 0.29) is 17.6 Å². The molecule has 5 nitrogen and oxygen atoms in total. The molecule has 1 atom stereocenters. The van der Waals surface area contributed by atoms with Gasteiger partial charge in [0.1, 0.15) is 5.82 Å². The number of fused-ring (bicyclic) bond motifs is 1. The van der Waals surface area contributed by atoms with Gasteiger partial charge in [0, 0.05) is 6.04 Å². The maximum Gasteiger partial charge on any atom is 0.276 e. The number of hydrogen-bond acceptors (Lipinski definition) is 3. The van der Waals surface area contributed by atoms with Crippen LogP contribution in [0.4, 0.5) is 4.39 Å². The minimum atomic E-state index is -0.513. The van der Waals surface area contributed by atoms with Crippen molar-refractivity contribution in [1.29, 1.82) is 0 Å². The van der Waals surface area contributed by atoms with Gasteiger partial charge in [0.15, 0.2) is 5.69 Å². The lowest BCUT2D eigenvalue weighted by atomic mass is 10.1. The van der Waals surface area contributed by atoms with Crippen LogP contribution in [0.25, 0.3) is 16.6 Å². The van der Waals surface area contributed by atoms with Crippen LogP contribution in [0.3, 0.4) is 0 Å². The lowest BCUT2D eigenvalue weighted by Crippen LogP contribution is -2.36. The standard InChI is InChI=1S/C19H18FN3O2/c1-3-12(2)21-19(25)17-18(24)15-6-4-5-7-16(15)23(22-17)14-10-8-13(20)9-11-14/h4-12H,3H2,1-2H3,(H,21,25)/t12-/m1/s1. The van der Waals surface area contributed by atoms with Crippen LogP contribution in [-0.4, -0.2) is 21.7 Å². The summed E-state index contributed by atoms with van der Waals surface area (Å²) in [5.74, 6) is -0.884. The van der Waals surface area contributed by atoms with E-state index < -0.39 is 11.3 Å². The van der Waals surface area contributed by atoms with Crippen LogP contribution in [0.5, 0.6) is 0 Å². The van der Waals surface area contributed by atoms with Crippen molar-refractivity contribution in [2.75, 3.05) is 0 Å². The number of nitrogens with zero attached hydrogens (tertiary/aromatic N) is 2. The molecule has 0 aliphatic heterocycles. The molecule has 0 spiro atoms. The van der Waals surface area contributed by atoms with Crippen LogP contribution in [-0.2, 0) is 0 Å². The number of rotatable bonds is 4. The molecule has 0 aliphatic carbocycles. The van der Waals surface area contributed by atoms with E-state index in [9.17, 15) is 14.0 Å². The molecule has 1 aromatic heterocycles. The normalized spacial score (nSPS) is 12.1. The summed E-state index contributed by atoms with van der Waals surface area (Å²) in [6, 6.07) is 12.6. The summed E-state index contributed by atoms with van der Waals surface area (Å²) in [4.78, 5) is 25.1. The molecule has 25 heavy (non-hydrogen) atoms. The Morgan fingerprint density at radius 1 is 1.20 bits per heavy atom. The van der Waals surface area contributed by atoms with E-state index in [2.05, 4.69) is 10.4 Å². The zero-order chi connectivity index (χ0) is 18.0. The summed E-state index contributed by atoms with van der Waals surface area (Å²) < 4.78 is 14.7. The predicted octanol–water partition coefficient (Wildman–Crippen LogP) is 3.05. The molecular formula is C19H18FN3O2. The molecule has 128 valence electrons. The second-order valence-electron chi connectivity index (χ2n) is 5.87. The zero-order valence-corrected chi connectivity index (χ0v) is 14.0. The first-order valence-electron chi connectivity index (χ1n) is 8.10. The van der Waals surface area contributed by atoms with Crippen molar-refractivity contribution in [2.45, 2.75) is 26.3 Å². The van der Waals surface area contributed by atoms with Crippen molar-refractivity contribution < 1.29 is 9.18 Å². The molecule has 0 aliphatic rings. The molecule has 6 heteroatoms. The summed E-state index contributed by atoms with van der Waals surface area (Å²) in [5, 5.41) is 7.41. The number of carbonyl (C=O) groups excluding carboxylic acids is 1. The topological polar surface area (TPSA) is 64.0 Å². The Morgan fingerprint density at radius 2 is 1.88 bits per heavy atom. The monoisotopic (exact) mass is 339 g/mol. The minimum Gasteiger partial charge on any atom is -0.348 e. The number of carbonyl (C=O) groups is 1. The highest BCUT2D eigenvalue weighted by Crippen LogP contribution is 2.16. The van der Waals surface area contributed by atoms with Gasteiger partial charge in [-0.15, -0.1) is 0 Å². The van der Waals surface area contributed by atoms with Crippen molar-refractivity contribution in [1.82, 2.24) is 15.1 Å². The van der Waals surface area contributed by atoms with Gasteiger partial charge in [0.2, 0.25) is 5.43 Å². The van der Waals surface area contributed by atoms with Gasteiger partial charge >= 0.3 is 0 Å². The maximum atomic E-state index is 13.2. The Hall–Kier alpha value is -3.02. The fourth-order valence-corrected chi connectivity index (χ4v) is 2.50. The van der Waals surface area contributed by atoms with E-state index in [0.717, 1.165) is 6.42 Å². The first kappa shape index (κ1) is 16.8. The van der Waals surface area contributed by atoms with E-state index in [1.54, 1.807) is 36.4 Å². The molecule has 0 unspecified atom stereocenters. The quantitative estimate of drug-likeness (QED) is 0.794. The van der Waals surface area contributed by atoms with Crippen molar-refractivity contribution >= 4 is 16.8 Å². The Labute approximate surface area is 144 Å². The SMILES string of the molecule is CC[C@@H](C)NC(=O)c1nn(-c2ccc(F)cc2)c2ccccc2c1=O. The molecule has 1 amide bonds. The molecule has 3 aromatic rings. The fraction of sp³-hybridized carbons (Fsp3) is 0.211. The molecule has 0 fully saturated rings. The van der Waals surface area contributed by atoms with E-state index in [4.69, 9.17) is 0 Å². The highest BCUT2D eigenvalue weighted by atomic mass is 19.1. The summed E-state index contributed by atoms with van der Waals surface area (Å²) in [6.07, 6.45) is 0.742. The van der Waals surface area contributed by atoms with Crippen molar-refractivity contribution in [3.8, 4) is 5.69 Å². The molecule has 2 aromatic carbocycles. The summed E-state index contributed by atoms with van der Waals surface area (Å²) in [5.41, 5.74) is 0.521. The van der Waals surface area contributed by atoms with E-state index in [0.29, 0.717) is 16.6 Å². The van der Waals surface area contributed by atoms with Crippen molar-refractivity contribution in [3.05, 3.63) is 70.3 Å². The van der Waals surface area contributed by atoms with Gasteiger partial charge in [-0.3, -0.25) is 9.59 Å². The number of para-hydroxylation sites is 1. The van der Waals surface area contributed by atoms with Crippen LogP contribution in [0, 0.1) is 5.82 Å². The Balaban J connectivity index is 2.22. The lowest BCUT2D eigenvalue weighted by Gasteiger charge is -2.14. The fourth-order valence-electron chi connectivity index (χ4n) is 2.50. The molecule has 3 rings (SSSR count). The number of aromatic nitrogens is 2. The maximum absolute atomic E-state index is 13.2. The number of amides is 1. The Kier molecular flexibility index (Phi) is 4.61. The number of benzene rings is 2. The van der Waals surface area contributed by atoms with Gasteiger partial charge in [-0.2, -0.15) is 5.10 Å². The number of halogens is 1. The van der Waals surface area contributed by atoms with E-state index in [1.165, 1.54) is 16.8 Å². The molecule has 0 bridgehead atoms. The average molecular weight is 339 g/mol. The largest absolute Gasteiger partial charge is 0.348 e.